The number of hydrogen-bond donors (Lipinski definition) is 1. The van der Waals surface area contributed by atoms with Crippen molar-refractivity contribution in [2.24, 2.45) is 11.8 Å². The number of hydrogen-bond acceptors (Lipinski definition) is 3. The molecule has 0 aromatic heterocycles. The molecule has 1 aliphatic rings. The first-order valence-electron chi connectivity index (χ1n) is 7.26. The summed E-state index contributed by atoms with van der Waals surface area (Å²) >= 11 is 0. The zero-order valence-corrected chi connectivity index (χ0v) is 12.5. The van der Waals surface area contributed by atoms with Gasteiger partial charge >= 0.3 is 5.97 Å². The van der Waals surface area contributed by atoms with Crippen molar-refractivity contribution >= 4 is 17.6 Å². The van der Waals surface area contributed by atoms with Crippen LogP contribution < -0.4 is 5.32 Å². The number of esters is 1. The molecule has 1 N–H and O–H groups in total. The minimum absolute atomic E-state index is 0.164. The van der Waals surface area contributed by atoms with Crippen LogP contribution in [0.25, 0.3) is 0 Å². The molecular formula is C17H21NO3. The first-order chi connectivity index (χ1) is 10.1. The van der Waals surface area contributed by atoms with Gasteiger partial charge in [-0.05, 0) is 42.9 Å². The molecule has 0 saturated heterocycles. The van der Waals surface area contributed by atoms with Gasteiger partial charge in [0.05, 0.1) is 12.2 Å². The lowest BCUT2D eigenvalue weighted by Gasteiger charge is -2.24. The predicted octanol–water partition coefficient (Wildman–Crippen LogP) is 3.40. The van der Waals surface area contributed by atoms with Crippen LogP contribution in [-0.4, -0.2) is 18.5 Å². The van der Waals surface area contributed by atoms with Crippen molar-refractivity contribution in [3.8, 4) is 0 Å². The molecular weight excluding hydrogens is 266 g/mol. The van der Waals surface area contributed by atoms with E-state index in [1.165, 1.54) is 6.92 Å². The van der Waals surface area contributed by atoms with E-state index in [1.807, 2.05) is 0 Å². The van der Waals surface area contributed by atoms with Gasteiger partial charge in [-0.3, -0.25) is 4.79 Å². The largest absolute Gasteiger partial charge is 0.462 e. The van der Waals surface area contributed by atoms with Crippen molar-refractivity contribution in [2.45, 2.75) is 26.7 Å². The van der Waals surface area contributed by atoms with Gasteiger partial charge < -0.3 is 10.1 Å². The Balaban J connectivity index is 1.93. The maximum absolute atomic E-state index is 12.1. The van der Waals surface area contributed by atoms with Gasteiger partial charge in [0.2, 0.25) is 5.91 Å². The molecule has 2 atom stereocenters. The van der Waals surface area contributed by atoms with E-state index in [0.717, 1.165) is 12.8 Å². The third kappa shape index (κ3) is 4.45. The fourth-order valence-electron chi connectivity index (χ4n) is 2.43. The van der Waals surface area contributed by atoms with Crippen LogP contribution in [0, 0.1) is 11.8 Å². The number of nitrogens with one attached hydrogen (secondary N) is 1. The van der Waals surface area contributed by atoms with Crippen molar-refractivity contribution in [1.29, 1.82) is 0 Å². The summed E-state index contributed by atoms with van der Waals surface area (Å²) in [6, 6.07) is 6.80. The standard InChI is InChI=1S/C17H21NO3/c1-12-6-3-4-7-15(12)11-21-17(20)14-8-5-9-16(10-14)18-13(2)19/h3-5,8-10,12,15H,6-7,11H2,1-2H3,(H,18,19). The van der Waals surface area contributed by atoms with Gasteiger partial charge in [-0.1, -0.05) is 25.1 Å². The number of carbonyl (C=O) groups is 2. The first kappa shape index (κ1) is 15.3. The number of benzene rings is 1. The summed E-state index contributed by atoms with van der Waals surface area (Å²) in [6.07, 6.45) is 6.33. The minimum Gasteiger partial charge on any atom is -0.462 e. The molecule has 2 unspecified atom stereocenters. The molecule has 21 heavy (non-hydrogen) atoms. The van der Waals surface area contributed by atoms with E-state index >= 15 is 0 Å². The lowest BCUT2D eigenvalue weighted by atomic mass is 9.85. The van der Waals surface area contributed by atoms with Gasteiger partial charge in [0.15, 0.2) is 0 Å². The smallest absolute Gasteiger partial charge is 0.338 e. The Hall–Kier alpha value is -2.10. The maximum Gasteiger partial charge on any atom is 0.338 e. The summed E-state index contributed by atoms with van der Waals surface area (Å²) in [4.78, 5) is 23.1. The van der Waals surface area contributed by atoms with Crippen LogP contribution in [0.2, 0.25) is 0 Å². The normalized spacial score (nSPS) is 20.9. The highest BCUT2D eigenvalue weighted by Gasteiger charge is 2.20. The van der Waals surface area contributed by atoms with Gasteiger partial charge in [-0.2, -0.15) is 0 Å². The first-order valence-corrected chi connectivity index (χ1v) is 7.26. The Kier molecular flexibility index (Phi) is 5.14. The highest BCUT2D eigenvalue weighted by Crippen LogP contribution is 2.25. The molecule has 1 aromatic carbocycles. The van der Waals surface area contributed by atoms with Crippen LogP contribution in [0.4, 0.5) is 5.69 Å². The number of ether oxygens (including phenoxy) is 1. The summed E-state index contributed by atoms with van der Waals surface area (Å²) in [5.74, 6) is 0.415. The third-order valence-corrected chi connectivity index (χ3v) is 3.77. The predicted molar refractivity (Wildman–Crippen MR) is 82.1 cm³/mol. The molecule has 4 heteroatoms. The molecule has 0 spiro atoms. The van der Waals surface area contributed by atoms with E-state index in [1.54, 1.807) is 24.3 Å². The maximum atomic E-state index is 12.1. The summed E-state index contributed by atoms with van der Waals surface area (Å²) in [5.41, 5.74) is 1.06. The molecule has 0 saturated carbocycles. The average Bonchev–Trinajstić information content (AvgIpc) is 2.45. The third-order valence-electron chi connectivity index (χ3n) is 3.77. The molecule has 1 amide bonds. The molecule has 0 aliphatic heterocycles. The molecule has 0 bridgehead atoms. The number of amides is 1. The molecule has 0 fully saturated rings. The Bertz CT molecular complexity index is 551. The second-order valence-electron chi connectivity index (χ2n) is 5.54. The van der Waals surface area contributed by atoms with Crippen molar-refractivity contribution in [3.63, 3.8) is 0 Å². The Morgan fingerprint density at radius 2 is 2.05 bits per heavy atom. The van der Waals surface area contributed by atoms with Crippen LogP contribution in [0.1, 0.15) is 37.0 Å². The van der Waals surface area contributed by atoms with Gasteiger partial charge in [0, 0.05) is 12.6 Å². The monoisotopic (exact) mass is 287 g/mol. The Morgan fingerprint density at radius 3 is 2.76 bits per heavy atom. The van der Waals surface area contributed by atoms with Crippen molar-refractivity contribution < 1.29 is 14.3 Å². The number of anilines is 1. The van der Waals surface area contributed by atoms with E-state index in [-0.39, 0.29) is 11.9 Å². The second kappa shape index (κ2) is 7.07. The van der Waals surface area contributed by atoms with Crippen LogP contribution in [0.5, 0.6) is 0 Å². The quantitative estimate of drug-likeness (QED) is 0.682. The SMILES string of the molecule is CC(=O)Nc1cccc(C(=O)OCC2CC=CCC2C)c1. The molecule has 4 nitrogen and oxygen atoms in total. The van der Waals surface area contributed by atoms with Crippen molar-refractivity contribution in [3.05, 3.63) is 42.0 Å². The Morgan fingerprint density at radius 1 is 1.29 bits per heavy atom. The second-order valence-corrected chi connectivity index (χ2v) is 5.54. The molecule has 112 valence electrons. The van der Waals surface area contributed by atoms with Crippen LogP contribution >= 0.6 is 0 Å². The van der Waals surface area contributed by atoms with Gasteiger partial charge in [0.1, 0.15) is 0 Å². The molecule has 0 radical (unpaired) electrons. The van der Waals surface area contributed by atoms with Gasteiger partial charge in [-0.25, -0.2) is 4.79 Å². The van der Waals surface area contributed by atoms with Gasteiger partial charge in [-0.15, -0.1) is 0 Å². The lowest BCUT2D eigenvalue weighted by molar-refractivity contribution is -0.114. The molecule has 1 aliphatic carbocycles. The van der Waals surface area contributed by atoms with E-state index in [2.05, 4.69) is 24.4 Å². The zero-order chi connectivity index (χ0) is 15.2. The summed E-state index contributed by atoms with van der Waals surface area (Å²) < 4.78 is 5.41. The summed E-state index contributed by atoms with van der Waals surface area (Å²) in [5, 5.41) is 2.66. The van der Waals surface area contributed by atoms with Crippen LogP contribution in [0.15, 0.2) is 36.4 Å². The fraction of sp³-hybridized carbons (Fsp3) is 0.412. The van der Waals surface area contributed by atoms with E-state index in [9.17, 15) is 9.59 Å². The molecule has 0 heterocycles. The van der Waals surface area contributed by atoms with Crippen LogP contribution in [0.3, 0.4) is 0 Å². The highest BCUT2D eigenvalue weighted by atomic mass is 16.5. The Labute approximate surface area is 125 Å². The van der Waals surface area contributed by atoms with E-state index in [0.29, 0.717) is 29.7 Å². The van der Waals surface area contributed by atoms with Crippen molar-refractivity contribution in [2.75, 3.05) is 11.9 Å². The van der Waals surface area contributed by atoms with E-state index < -0.39 is 0 Å². The highest BCUT2D eigenvalue weighted by molar-refractivity contribution is 5.93. The number of allylic oxidation sites excluding steroid dienone is 2. The summed E-state index contributed by atoms with van der Waals surface area (Å²) in [7, 11) is 0. The van der Waals surface area contributed by atoms with E-state index in [4.69, 9.17) is 4.74 Å². The zero-order valence-electron chi connectivity index (χ0n) is 12.5. The van der Waals surface area contributed by atoms with Gasteiger partial charge in [0.25, 0.3) is 0 Å². The topological polar surface area (TPSA) is 55.4 Å². The summed E-state index contributed by atoms with van der Waals surface area (Å²) in [6.45, 7) is 4.05. The average molecular weight is 287 g/mol. The fourth-order valence-corrected chi connectivity index (χ4v) is 2.43. The molecule has 2 rings (SSSR count). The lowest BCUT2D eigenvalue weighted by Crippen LogP contribution is -2.21. The molecule has 1 aromatic rings. The number of rotatable bonds is 4. The van der Waals surface area contributed by atoms with Crippen molar-refractivity contribution in [1.82, 2.24) is 0 Å². The minimum atomic E-state index is -0.344. The number of carbonyl (C=O) groups excluding carboxylic acids is 2. The van der Waals surface area contributed by atoms with Crippen LogP contribution in [-0.2, 0) is 9.53 Å².